The summed E-state index contributed by atoms with van der Waals surface area (Å²) in [7, 11) is -3.54. The number of hydrogen-bond donors (Lipinski definition) is 0. The highest BCUT2D eigenvalue weighted by Crippen LogP contribution is 2.30. The zero-order valence-corrected chi connectivity index (χ0v) is 13.7. The highest BCUT2D eigenvalue weighted by atomic mass is 35.5. The van der Waals surface area contributed by atoms with Crippen molar-refractivity contribution in [1.82, 2.24) is 4.31 Å². The van der Waals surface area contributed by atoms with Crippen LogP contribution >= 0.6 is 11.6 Å². The molecule has 1 aromatic rings. The van der Waals surface area contributed by atoms with Gasteiger partial charge in [0.2, 0.25) is 10.0 Å². The first-order chi connectivity index (χ1) is 8.75. The van der Waals surface area contributed by atoms with Crippen LogP contribution in [0.2, 0.25) is 0 Å². The molecule has 0 atom stereocenters. The van der Waals surface area contributed by atoms with Gasteiger partial charge in [0, 0.05) is 18.7 Å². The number of halogens is 1. The molecule has 0 unspecified atom stereocenters. The minimum absolute atomic E-state index is 0.136. The van der Waals surface area contributed by atoms with E-state index < -0.39 is 10.0 Å². The van der Waals surface area contributed by atoms with Gasteiger partial charge in [-0.3, -0.25) is 0 Å². The van der Waals surface area contributed by atoms with Crippen molar-refractivity contribution < 1.29 is 12.8 Å². The van der Waals surface area contributed by atoms with E-state index in [0.717, 1.165) is 0 Å². The van der Waals surface area contributed by atoms with Crippen molar-refractivity contribution in [2.24, 2.45) is 5.92 Å². The number of nitrogens with zero attached hydrogens (tertiary/aromatic N) is 1. The topological polar surface area (TPSA) is 50.5 Å². The van der Waals surface area contributed by atoms with Crippen molar-refractivity contribution in [1.29, 1.82) is 0 Å². The second kappa shape index (κ2) is 6.29. The first kappa shape index (κ1) is 16.5. The Kier molecular flexibility index (Phi) is 5.47. The molecule has 1 rings (SSSR count). The van der Waals surface area contributed by atoms with Crippen LogP contribution in [0.25, 0.3) is 0 Å². The van der Waals surface area contributed by atoms with E-state index in [0.29, 0.717) is 30.2 Å². The summed E-state index contributed by atoms with van der Waals surface area (Å²) in [6.07, 6.45) is 0. The lowest BCUT2D eigenvalue weighted by molar-refractivity contribution is 0.379. The van der Waals surface area contributed by atoms with Crippen LogP contribution in [-0.2, 0) is 15.9 Å². The summed E-state index contributed by atoms with van der Waals surface area (Å²) in [6, 6.07) is 0. The summed E-state index contributed by atoms with van der Waals surface area (Å²) in [4.78, 5) is 0.238. The van der Waals surface area contributed by atoms with Gasteiger partial charge in [0.25, 0.3) is 0 Å². The Morgan fingerprint density at radius 3 is 2.26 bits per heavy atom. The van der Waals surface area contributed by atoms with E-state index >= 15 is 0 Å². The summed E-state index contributed by atoms with van der Waals surface area (Å²) in [5.74, 6) is 1.39. The van der Waals surface area contributed by atoms with Crippen LogP contribution in [0.5, 0.6) is 0 Å². The summed E-state index contributed by atoms with van der Waals surface area (Å²) in [5.41, 5.74) is 0.571. The number of sulfonamides is 1. The van der Waals surface area contributed by atoms with Gasteiger partial charge in [0.1, 0.15) is 16.4 Å². The highest BCUT2D eigenvalue weighted by molar-refractivity contribution is 7.89. The van der Waals surface area contributed by atoms with Crippen molar-refractivity contribution in [2.45, 2.75) is 45.4 Å². The number of furan rings is 1. The third-order valence-electron chi connectivity index (χ3n) is 2.98. The van der Waals surface area contributed by atoms with Crippen LogP contribution in [-0.4, -0.2) is 25.8 Å². The van der Waals surface area contributed by atoms with E-state index in [1.807, 2.05) is 20.8 Å². The molecule has 4 nitrogen and oxygen atoms in total. The zero-order chi connectivity index (χ0) is 14.8. The molecule has 0 N–H and O–H groups in total. The molecule has 0 aliphatic heterocycles. The minimum atomic E-state index is -3.54. The van der Waals surface area contributed by atoms with Crippen molar-refractivity contribution in [3.8, 4) is 0 Å². The molecule has 110 valence electrons. The van der Waals surface area contributed by atoms with Crippen LogP contribution in [0.3, 0.4) is 0 Å². The van der Waals surface area contributed by atoms with Gasteiger partial charge < -0.3 is 4.42 Å². The summed E-state index contributed by atoms with van der Waals surface area (Å²) < 4.78 is 32.3. The van der Waals surface area contributed by atoms with Gasteiger partial charge in [-0.25, -0.2) is 8.42 Å². The van der Waals surface area contributed by atoms with Crippen LogP contribution in [0.1, 0.15) is 37.9 Å². The Bertz CT molecular complexity index is 534. The monoisotopic (exact) mass is 307 g/mol. The molecule has 0 saturated carbocycles. The molecule has 0 spiro atoms. The van der Waals surface area contributed by atoms with Crippen molar-refractivity contribution in [2.75, 3.05) is 13.1 Å². The maximum Gasteiger partial charge on any atom is 0.246 e. The van der Waals surface area contributed by atoms with Crippen molar-refractivity contribution >= 4 is 21.6 Å². The second-order valence-electron chi connectivity index (χ2n) is 5.01. The lowest BCUT2D eigenvalue weighted by atomic mass is 10.2. The standard InChI is InChI=1S/C13H22ClNO3S/c1-6-15(8-9(2)3)19(16,17)13-11(5)18-10(4)12(13)7-14/h9H,6-8H2,1-5H3. The van der Waals surface area contributed by atoms with Crippen LogP contribution in [0.15, 0.2) is 9.31 Å². The highest BCUT2D eigenvalue weighted by Gasteiger charge is 2.31. The Morgan fingerprint density at radius 2 is 1.84 bits per heavy atom. The lowest BCUT2D eigenvalue weighted by Gasteiger charge is -2.22. The number of hydrogen-bond acceptors (Lipinski definition) is 3. The summed E-state index contributed by atoms with van der Waals surface area (Å²) in [5, 5.41) is 0. The van der Waals surface area contributed by atoms with Gasteiger partial charge in [-0.1, -0.05) is 20.8 Å². The van der Waals surface area contributed by atoms with Gasteiger partial charge >= 0.3 is 0 Å². The zero-order valence-electron chi connectivity index (χ0n) is 12.2. The molecular weight excluding hydrogens is 286 g/mol. The number of aryl methyl sites for hydroxylation is 2. The molecule has 0 radical (unpaired) electrons. The molecule has 0 saturated heterocycles. The Labute approximate surface area is 120 Å². The molecule has 19 heavy (non-hydrogen) atoms. The molecule has 0 aliphatic carbocycles. The lowest BCUT2D eigenvalue weighted by Crippen LogP contribution is -2.34. The van der Waals surface area contributed by atoms with Gasteiger partial charge in [0.15, 0.2) is 0 Å². The quantitative estimate of drug-likeness (QED) is 0.758. The normalized spacial score (nSPS) is 12.6. The van der Waals surface area contributed by atoms with Gasteiger partial charge in [-0.05, 0) is 19.8 Å². The Hall–Kier alpha value is -0.520. The first-order valence-electron chi connectivity index (χ1n) is 6.40. The van der Waals surface area contributed by atoms with Crippen LogP contribution in [0, 0.1) is 19.8 Å². The molecule has 0 bridgehead atoms. The largest absolute Gasteiger partial charge is 0.465 e. The molecule has 0 fully saturated rings. The number of rotatable bonds is 6. The van der Waals surface area contributed by atoms with E-state index in [1.165, 1.54) is 4.31 Å². The fourth-order valence-corrected chi connectivity index (χ4v) is 4.56. The van der Waals surface area contributed by atoms with E-state index in [9.17, 15) is 8.42 Å². The second-order valence-corrected chi connectivity index (χ2v) is 7.15. The van der Waals surface area contributed by atoms with E-state index in [4.69, 9.17) is 16.0 Å². The average Bonchev–Trinajstić information content (AvgIpc) is 2.60. The first-order valence-corrected chi connectivity index (χ1v) is 8.38. The van der Waals surface area contributed by atoms with Crippen LogP contribution < -0.4 is 0 Å². The molecule has 0 aromatic carbocycles. The molecule has 1 aromatic heterocycles. The summed E-state index contributed by atoms with van der Waals surface area (Å²) in [6.45, 7) is 10.2. The van der Waals surface area contributed by atoms with E-state index in [1.54, 1.807) is 13.8 Å². The molecular formula is C13H22ClNO3S. The molecule has 0 amide bonds. The maximum absolute atomic E-state index is 12.7. The summed E-state index contributed by atoms with van der Waals surface area (Å²) >= 11 is 5.87. The number of alkyl halides is 1. The maximum atomic E-state index is 12.7. The molecule has 6 heteroatoms. The smallest absolute Gasteiger partial charge is 0.246 e. The third-order valence-corrected chi connectivity index (χ3v) is 5.38. The van der Waals surface area contributed by atoms with Gasteiger partial charge in [0.05, 0.1) is 5.88 Å². The fraction of sp³-hybridized carbons (Fsp3) is 0.692. The predicted molar refractivity (Wildman–Crippen MR) is 77.0 cm³/mol. The van der Waals surface area contributed by atoms with E-state index in [-0.39, 0.29) is 16.7 Å². The van der Waals surface area contributed by atoms with Gasteiger partial charge in [-0.15, -0.1) is 11.6 Å². The minimum Gasteiger partial charge on any atom is -0.465 e. The fourth-order valence-electron chi connectivity index (χ4n) is 2.14. The van der Waals surface area contributed by atoms with Crippen molar-refractivity contribution in [3.05, 3.63) is 17.1 Å². The molecule has 0 aliphatic rings. The van der Waals surface area contributed by atoms with Gasteiger partial charge in [-0.2, -0.15) is 4.31 Å². The predicted octanol–water partition coefficient (Wildman–Crippen LogP) is 3.30. The Balaban J connectivity index is 3.33. The SMILES string of the molecule is CCN(CC(C)C)S(=O)(=O)c1c(C)oc(C)c1CCl. The Morgan fingerprint density at radius 1 is 1.26 bits per heavy atom. The average molecular weight is 308 g/mol. The third kappa shape index (κ3) is 3.33. The van der Waals surface area contributed by atoms with Crippen molar-refractivity contribution in [3.63, 3.8) is 0 Å². The van der Waals surface area contributed by atoms with Crippen LogP contribution in [0.4, 0.5) is 0 Å². The van der Waals surface area contributed by atoms with E-state index in [2.05, 4.69) is 0 Å². The molecule has 1 heterocycles.